The van der Waals surface area contributed by atoms with Gasteiger partial charge in [0.15, 0.2) is 17.3 Å². The normalized spacial score (nSPS) is 12.2. The average molecular weight is 449 g/mol. The fraction of sp³-hybridized carbons (Fsp3) is 0.0714. The molecule has 0 spiro atoms. The number of ketones is 1. The summed E-state index contributed by atoms with van der Waals surface area (Å²) in [6.45, 7) is 0.118. The number of amides is 1. The molecule has 0 atom stereocenters. The van der Waals surface area contributed by atoms with Gasteiger partial charge in [-0.2, -0.15) is 0 Å². The van der Waals surface area contributed by atoms with Crippen LogP contribution in [0.25, 0.3) is 21.7 Å². The summed E-state index contributed by atoms with van der Waals surface area (Å²) >= 11 is 0. The molecular weight excluding hydrogens is 430 g/mol. The van der Waals surface area contributed by atoms with Crippen molar-refractivity contribution in [3.05, 3.63) is 102 Å². The maximum atomic E-state index is 13.4. The summed E-state index contributed by atoms with van der Waals surface area (Å²) in [5, 5.41) is 5.70. The van der Waals surface area contributed by atoms with Crippen molar-refractivity contribution in [2.45, 2.75) is 6.42 Å². The third-order valence-corrected chi connectivity index (χ3v) is 5.93. The number of ether oxygens (including phenoxy) is 2. The molecule has 1 amide bonds. The molecule has 34 heavy (non-hydrogen) atoms. The number of carbonyl (C=O) groups is 2. The van der Waals surface area contributed by atoms with E-state index in [2.05, 4.69) is 5.32 Å². The molecule has 1 aromatic heterocycles. The van der Waals surface area contributed by atoms with Crippen molar-refractivity contribution < 1.29 is 23.5 Å². The second-order valence-electron chi connectivity index (χ2n) is 8.06. The Kier molecular flexibility index (Phi) is 4.77. The molecule has 6 heteroatoms. The highest BCUT2D eigenvalue weighted by molar-refractivity contribution is 6.17. The maximum absolute atomic E-state index is 13.4. The zero-order valence-electron chi connectivity index (χ0n) is 18.0. The topological polar surface area (TPSA) is 77.8 Å². The minimum atomic E-state index is -0.352. The Hall–Kier alpha value is -4.58. The van der Waals surface area contributed by atoms with E-state index < -0.39 is 0 Å². The molecule has 0 bridgehead atoms. The van der Waals surface area contributed by atoms with Gasteiger partial charge in [-0.25, -0.2) is 0 Å². The van der Waals surface area contributed by atoms with Gasteiger partial charge in [-0.05, 0) is 46.7 Å². The van der Waals surface area contributed by atoms with Crippen LogP contribution in [0.3, 0.4) is 0 Å². The van der Waals surface area contributed by atoms with Crippen LogP contribution in [0.1, 0.15) is 21.7 Å². The molecule has 0 unspecified atom stereocenters. The molecule has 4 aromatic carbocycles. The molecule has 2 heterocycles. The number of hydrogen-bond acceptors (Lipinski definition) is 5. The van der Waals surface area contributed by atoms with Gasteiger partial charge in [0, 0.05) is 10.9 Å². The van der Waals surface area contributed by atoms with Crippen LogP contribution in [-0.2, 0) is 11.2 Å². The first-order valence-electron chi connectivity index (χ1n) is 10.9. The van der Waals surface area contributed by atoms with Crippen LogP contribution in [0.15, 0.2) is 89.3 Å². The zero-order chi connectivity index (χ0) is 23.1. The van der Waals surface area contributed by atoms with Gasteiger partial charge in [0.1, 0.15) is 5.58 Å². The molecule has 0 fully saturated rings. The van der Waals surface area contributed by atoms with Crippen molar-refractivity contribution in [3.63, 3.8) is 0 Å². The van der Waals surface area contributed by atoms with E-state index in [1.165, 1.54) is 0 Å². The highest BCUT2D eigenvalue weighted by atomic mass is 16.7. The van der Waals surface area contributed by atoms with E-state index in [0.29, 0.717) is 33.7 Å². The largest absolute Gasteiger partial charge is 0.454 e. The lowest BCUT2D eigenvalue weighted by atomic mass is 10.0. The summed E-state index contributed by atoms with van der Waals surface area (Å²) in [7, 11) is 0. The molecule has 1 aliphatic rings. The van der Waals surface area contributed by atoms with Gasteiger partial charge < -0.3 is 19.2 Å². The van der Waals surface area contributed by atoms with Crippen LogP contribution in [0.2, 0.25) is 0 Å². The molecule has 166 valence electrons. The van der Waals surface area contributed by atoms with Gasteiger partial charge in [-0.1, -0.05) is 54.6 Å². The van der Waals surface area contributed by atoms with Crippen LogP contribution < -0.4 is 14.8 Å². The highest BCUT2D eigenvalue weighted by Gasteiger charge is 2.25. The van der Waals surface area contributed by atoms with E-state index in [9.17, 15) is 9.59 Å². The van der Waals surface area contributed by atoms with Crippen LogP contribution in [-0.4, -0.2) is 18.5 Å². The van der Waals surface area contributed by atoms with E-state index in [4.69, 9.17) is 13.9 Å². The van der Waals surface area contributed by atoms with Crippen LogP contribution >= 0.6 is 0 Å². The molecular formula is C28H19NO5. The predicted molar refractivity (Wildman–Crippen MR) is 128 cm³/mol. The van der Waals surface area contributed by atoms with E-state index in [0.717, 1.165) is 16.3 Å². The molecule has 0 aliphatic carbocycles. The first-order valence-corrected chi connectivity index (χ1v) is 10.9. The number of rotatable bonds is 5. The Bertz CT molecular complexity index is 1580. The molecule has 6 nitrogen and oxygen atoms in total. The minimum absolute atomic E-state index is 0.0753. The number of hydrogen-bond donors (Lipinski definition) is 1. The van der Waals surface area contributed by atoms with Gasteiger partial charge >= 0.3 is 0 Å². The molecule has 6 rings (SSSR count). The molecule has 1 N–H and O–H groups in total. The Balaban J connectivity index is 1.35. The summed E-state index contributed by atoms with van der Waals surface area (Å²) < 4.78 is 16.7. The predicted octanol–water partition coefficient (Wildman–Crippen LogP) is 5.73. The number of fused-ring (bicyclic) bond motifs is 3. The van der Waals surface area contributed by atoms with Crippen molar-refractivity contribution in [1.29, 1.82) is 0 Å². The third-order valence-electron chi connectivity index (χ3n) is 5.93. The second-order valence-corrected chi connectivity index (χ2v) is 8.06. The summed E-state index contributed by atoms with van der Waals surface area (Å²) in [6, 6.07) is 26.1. The average Bonchev–Trinajstić information content (AvgIpc) is 3.48. The van der Waals surface area contributed by atoms with Crippen LogP contribution in [0, 0.1) is 0 Å². The Morgan fingerprint density at radius 2 is 1.56 bits per heavy atom. The number of anilines is 1. The SMILES string of the molecule is O=C(Cc1cccc2ccccc12)Nc1c(C(=O)c2ccc3c(c2)OCO3)oc2ccccc12. The summed E-state index contributed by atoms with van der Waals surface area (Å²) in [6.07, 6.45) is 0.165. The summed E-state index contributed by atoms with van der Waals surface area (Å²) in [4.78, 5) is 26.5. The van der Waals surface area contributed by atoms with Crippen molar-refractivity contribution in [3.8, 4) is 11.5 Å². The number of benzene rings is 4. The quantitative estimate of drug-likeness (QED) is 0.347. The fourth-order valence-electron chi connectivity index (χ4n) is 4.30. The van der Waals surface area contributed by atoms with Crippen molar-refractivity contribution in [2.24, 2.45) is 0 Å². The second kappa shape index (κ2) is 8.08. The number of furan rings is 1. The Labute approximate surface area is 194 Å². The summed E-state index contributed by atoms with van der Waals surface area (Å²) in [5.41, 5.74) is 2.18. The lowest BCUT2D eigenvalue weighted by molar-refractivity contribution is -0.115. The lowest BCUT2D eigenvalue weighted by Gasteiger charge is -2.09. The fourth-order valence-corrected chi connectivity index (χ4v) is 4.30. The zero-order valence-corrected chi connectivity index (χ0v) is 18.0. The maximum Gasteiger partial charge on any atom is 0.231 e. The van der Waals surface area contributed by atoms with Gasteiger partial charge in [0.05, 0.1) is 12.1 Å². The highest BCUT2D eigenvalue weighted by Crippen LogP contribution is 2.36. The smallest absolute Gasteiger partial charge is 0.231 e. The standard InChI is InChI=1S/C28H19NO5/c30-25(15-18-8-5-7-17-6-1-2-9-20(17)18)29-26-21-10-3-4-11-22(21)34-28(26)27(31)19-12-13-23-24(14-19)33-16-32-23/h1-14H,15-16H2,(H,29,30). The van der Waals surface area contributed by atoms with Gasteiger partial charge in [0.25, 0.3) is 0 Å². The van der Waals surface area contributed by atoms with Gasteiger partial charge in [-0.15, -0.1) is 0 Å². The Morgan fingerprint density at radius 3 is 2.47 bits per heavy atom. The van der Waals surface area contributed by atoms with Crippen molar-refractivity contribution in [2.75, 3.05) is 12.1 Å². The molecule has 5 aromatic rings. The first-order chi connectivity index (χ1) is 16.7. The minimum Gasteiger partial charge on any atom is -0.454 e. The molecule has 1 aliphatic heterocycles. The number of carbonyl (C=O) groups excluding carboxylic acids is 2. The molecule has 0 radical (unpaired) electrons. The number of nitrogens with one attached hydrogen (secondary N) is 1. The van der Waals surface area contributed by atoms with E-state index in [1.54, 1.807) is 24.3 Å². The Morgan fingerprint density at radius 1 is 0.794 bits per heavy atom. The van der Waals surface area contributed by atoms with E-state index in [1.807, 2.05) is 60.7 Å². The summed E-state index contributed by atoms with van der Waals surface area (Å²) in [5.74, 6) is 0.581. The van der Waals surface area contributed by atoms with Crippen molar-refractivity contribution in [1.82, 2.24) is 0 Å². The monoisotopic (exact) mass is 449 g/mol. The first kappa shape index (κ1) is 20.1. The van der Waals surface area contributed by atoms with Gasteiger partial charge in [-0.3, -0.25) is 9.59 Å². The third kappa shape index (κ3) is 3.46. The van der Waals surface area contributed by atoms with Gasteiger partial charge in [0.2, 0.25) is 18.5 Å². The number of para-hydroxylation sites is 1. The van der Waals surface area contributed by atoms with Crippen LogP contribution in [0.4, 0.5) is 5.69 Å². The van der Waals surface area contributed by atoms with Crippen molar-refractivity contribution >= 4 is 39.1 Å². The van der Waals surface area contributed by atoms with Crippen LogP contribution in [0.5, 0.6) is 11.5 Å². The lowest BCUT2D eigenvalue weighted by Crippen LogP contribution is -2.16. The van der Waals surface area contributed by atoms with E-state index >= 15 is 0 Å². The molecule has 0 saturated carbocycles. The van der Waals surface area contributed by atoms with E-state index in [-0.39, 0.29) is 30.7 Å². The molecule has 0 saturated heterocycles.